The molecule has 0 aliphatic carbocycles. The van der Waals surface area contributed by atoms with Crippen LogP contribution in [0.25, 0.3) is 0 Å². The summed E-state index contributed by atoms with van der Waals surface area (Å²) in [5, 5.41) is 10.2. The van der Waals surface area contributed by atoms with Crippen molar-refractivity contribution in [3.63, 3.8) is 0 Å². The summed E-state index contributed by atoms with van der Waals surface area (Å²) in [5.41, 5.74) is -0.0961. The molecule has 1 atom stereocenters. The second kappa shape index (κ2) is 3.88. The molecule has 0 aromatic carbocycles. The predicted molar refractivity (Wildman–Crippen MR) is 53.2 cm³/mol. The van der Waals surface area contributed by atoms with E-state index in [0.29, 0.717) is 17.7 Å². The zero-order chi connectivity index (χ0) is 10.8. The monoisotopic (exact) mass is 195 g/mol. The third-order valence-electron chi connectivity index (χ3n) is 2.37. The largest absolute Gasteiger partial charge is 0.379 e. The first-order valence-electron chi connectivity index (χ1n) is 4.51. The lowest BCUT2D eigenvalue weighted by Gasteiger charge is -2.26. The van der Waals surface area contributed by atoms with Gasteiger partial charge < -0.3 is 5.11 Å². The smallest absolute Gasteiger partial charge is 0.141 e. The summed E-state index contributed by atoms with van der Waals surface area (Å²) in [6, 6.07) is 2.76. The van der Waals surface area contributed by atoms with Crippen molar-refractivity contribution >= 4 is 0 Å². The standard InChI is InChI=1S/C11H14FNO/c1-4-11(14,8(2)3)10-6-5-9(12)7-13-10/h5-7,14H,2,4H2,1,3H3. The number of halogens is 1. The average Bonchev–Trinajstić information content (AvgIpc) is 2.17. The van der Waals surface area contributed by atoms with Crippen LogP contribution in [0.2, 0.25) is 0 Å². The Morgan fingerprint density at radius 1 is 1.64 bits per heavy atom. The fourth-order valence-electron chi connectivity index (χ4n) is 1.32. The predicted octanol–water partition coefficient (Wildman–Crippen LogP) is 2.39. The van der Waals surface area contributed by atoms with E-state index in [1.54, 1.807) is 6.92 Å². The van der Waals surface area contributed by atoms with E-state index < -0.39 is 11.4 Å². The average molecular weight is 195 g/mol. The molecule has 0 amide bonds. The van der Waals surface area contributed by atoms with Crippen molar-refractivity contribution in [3.8, 4) is 0 Å². The molecule has 0 fully saturated rings. The van der Waals surface area contributed by atoms with Gasteiger partial charge in [0.25, 0.3) is 0 Å². The zero-order valence-corrected chi connectivity index (χ0v) is 8.42. The molecule has 1 heterocycles. The molecule has 14 heavy (non-hydrogen) atoms. The van der Waals surface area contributed by atoms with Gasteiger partial charge in [0.1, 0.15) is 11.4 Å². The third-order valence-corrected chi connectivity index (χ3v) is 2.37. The highest BCUT2D eigenvalue weighted by molar-refractivity contribution is 5.24. The van der Waals surface area contributed by atoms with E-state index in [1.807, 2.05) is 6.92 Å². The molecule has 0 radical (unpaired) electrons. The maximum Gasteiger partial charge on any atom is 0.141 e. The lowest BCUT2D eigenvalue weighted by molar-refractivity contribution is 0.0678. The Hall–Kier alpha value is -1.22. The summed E-state index contributed by atoms with van der Waals surface area (Å²) in [7, 11) is 0. The van der Waals surface area contributed by atoms with Crippen LogP contribution in [-0.2, 0) is 5.60 Å². The zero-order valence-electron chi connectivity index (χ0n) is 8.42. The molecule has 1 aromatic heterocycles. The van der Waals surface area contributed by atoms with E-state index in [-0.39, 0.29) is 0 Å². The highest BCUT2D eigenvalue weighted by Crippen LogP contribution is 2.29. The molecule has 0 aliphatic rings. The Morgan fingerprint density at radius 3 is 2.64 bits per heavy atom. The molecule has 76 valence electrons. The minimum Gasteiger partial charge on any atom is -0.379 e. The van der Waals surface area contributed by atoms with Gasteiger partial charge in [-0.15, -0.1) is 0 Å². The van der Waals surface area contributed by atoms with Crippen LogP contribution >= 0.6 is 0 Å². The summed E-state index contributed by atoms with van der Waals surface area (Å²) in [6.45, 7) is 7.28. The van der Waals surface area contributed by atoms with Crippen LogP contribution in [0.3, 0.4) is 0 Å². The van der Waals surface area contributed by atoms with Gasteiger partial charge in [-0.05, 0) is 31.1 Å². The molecular weight excluding hydrogens is 181 g/mol. The topological polar surface area (TPSA) is 33.1 Å². The molecule has 0 bridgehead atoms. The first kappa shape index (κ1) is 10.9. The molecule has 2 nitrogen and oxygen atoms in total. The number of hydrogen-bond acceptors (Lipinski definition) is 2. The Balaban J connectivity index is 3.13. The van der Waals surface area contributed by atoms with Gasteiger partial charge in [-0.3, -0.25) is 4.98 Å². The van der Waals surface area contributed by atoms with Crippen LogP contribution in [0.1, 0.15) is 26.0 Å². The van der Waals surface area contributed by atoms with Crippen LogP contribution < -0.4 is 0 Å². The fourth-order valence-corrected chi connectivity index (χ4v) is 1.32. The van der Waals surface area contributed by atoms with Crippen LogP contribution in [0, 0.1) is 5.82 Å². The third kappa shape index (κ3) is 1.82. The number of aromatic nitrogens is 1. The van der Waals surface area contributed by atoms with Crippen molar-refractivity contribution in [2.45, 2.75) is 25.9 Å². The van der Waals surface area contributed by atoms with Gasteiger partial charge in [0.05, 0.1) is 11.9 Å². The van der Waals surface area contributed by atoms with Crippen LogP contribution in [0.5, 0.6) is 0 Å². The van der Waals surface area contributed by atoms with Gasteiger partial charge in [0, 0.05) is 0 Å². The number of hydrogen-bond donors (Lipinski definition) is 1. The quantitative estimate of drug-likeness (QED) is 0.751. The van der Waals surface area contributed by atoms with Crippen molar-refractivity contribution in [1.82, 2.24) is 4.98 Å². The number of pyridine rings is 1. The second-order valence-electron chi connectivity index (χ2n) is 3.36. The van der Waals surface area contributed by atoms with Crippen molar-refractivity contribution < 1.29 is 9.50 Å². The van der Waals surface area contributed by atoms with Gasteiger partial charge in [-0.1, -0.05) is 13.5 Å². The van der Waals surface area contributed by atoms with Crippen molar-refractivity contribution in [2.75, 3.05) is 0 Å². The van der Waals surface area contributed by atoms with E-state index in [4.69, 9.17) is 0 Å². The number of rotatable bonds is 3. The molecule has 1 aromatic rings. The minimum absolute atomic E-state index is 0.408. The summed E-state index contributed by atoms with van der Waals surface area (Å²) >= 11 is 0. The van der Waals surface area contributed by atoms with Gasteiger partial charge in [0.15, 0.2) is 0 Å². The summed E-state index contributed by atoms with van der Waals surface area (Å²) in [4.78, 5) is 3.86. The molecule has 1 N–H and O–H groups in total. The molecular formula is C11H14FNO. The summed E-state index contributed by atoms with van der Waals surface area (Å²) < 4.78 is 12.6. The first-order chi connectivity index (χ1) is 6.50. The van der Waals surface area contributed by atoms with E-state index in [9.17, 15) is 9.50 Å². The molecule has 1 rings (SSSR count). The highest BCUT2D eigenvalue weighted by atomic mass is 19.1. The van der Waals surface area contributed by atoms with Crippen molar-refractivity contribution in [1.29, 1.82) is 0 Å². The van der Waals surface area contributed by atoms with E-state index in [0.717, 1.165) is 6.20 Å². The Labute approximate surface area is 83.1 Å². The molecule has 1 unspecified atom stereocenters. The maximum absolute atomic E-state index is 12.6. The minimum atomic E-state index is -1.15. The van der Waals surface area contributed by atoms with Crippen molar-refractivity contribution in [3.05, 3.63) is 42.0 Å². The lowest BCUT2D eigenvalue weighted by atomic mass is 9.89. The highest BCUT2D eigenvalue weighted by Gasteiger charge is 2.29. The molecule has 0 saturated heterocycles. The van der Waals surface area contributed by atoms with E-state index >= 15 is 0 Å². The Morgan fingerprint density at radius 2 is 2.29 bits per heavy atom. The van der Waals surface area contributed by atoms with Gasteiger partial charge >= 0.3 is 0 Å². The Kier molecular flexibility index (Phi) is 3.01. The lowest BCUT2D eigenvalue weighted by Crippen LogP contribution is -2.26. The number of aliphatic hydroxyl groups is 1. The number of nitrogens with zero attached hydrogens (tertiary/aromatic N) is 1. The molecule has 0 spiro atoms. The van der Waals surface area contributed by atoms with Gasteiger partial charge in [-0.2, -0.15) is 0 Å². The van der Waals surface area contributed by atoms with Crippen LogP contribution in [0.15, 0.2) is 30.5 Å². The summed E-state index contributed by atoms with van der Waals surface area (Å²) in [6.07, 6.45) is 1.57. The van der Waals surface area contributed by atoms with Crippen LogP contribution in [0.4, 0.5) is 4.39 Å². The Bertz CT molecular complexity index is 334. The SMILES string of the molecule is C=C(C)C(O)(CC)c1ccc(F)cn1. The molecule has 0 aliphatic heterocycles. The van der Waals surface area contributed by atoms with E-state index in [2.05, 4.69) is 11.6 Å². The van der Waals surface area contributed by atoms with Gasteiger partial charge in [0.2, 0.25) is 0 Å². The maximum atomic E-state index is 12.6. The van der Waals surface area contributed by atoms with Crippen LogP contribution in [-0.4, -0.2) is 10.1 Å². The molecule has 0 saturated carbocycles. The second-order valence-corrected chi connectivity index (χ2v) is 3.36. The summed E-state index contributed by atoms with van der Waals surface area (Å²) in [5.74, 6) is -0.408. The van der Waals surface area contributed by atoms with E-state index in [1.165, 1.54) is 12.1 Å². The van der Waals surface area contributed by atoms with Gasteiger partial charge in [-0.25, -0.2) is 4.39 Å². The van der Waals surface area contributed by atoms with Crippen molar-refractivity contribution in [2.24, 2.45) is 0 Å². The normalized spacial score (nSPS) is 14.9. The first-order valence-corrected chi connectivity index (χ1v) is 4.51. The fraction of sp³-hybridized carbons (Fsp3) is 0.364. The molecule has 3 heteroatoms.